The maximum absolute atomic E-state index is 13.5. The zero-order valence-corrected chi connectivity index (χ0v) is 22.0. The monoisotopic (exact) mass is 539 g/mol. The Morgan fingerprint density at radius 3 is 2.38 bits per heavy atom. The third-order valence-corrected chi connectivity index (χ3v) is 7.55. The van der Waals surface area contributed by atoms with Crippen molar-refractivity contribution in [1.82, 2.24) is 4.57 Å². The van der Waals surface area contributed by atoms with Gasteiger partial charge in [0, 0.05) is 17.0 Å². The van der Waals surface area contributed by atoms with Crippen molar-refractivity contribution in [2.75, 3.05) is 11.8 Å². The van der Waals surface area contributed by atoms with Crippen LogP contribution in [0.15, 0.2) is 112 Å². The molecule has 0 atom stereocenters. The highest BCUT2D eigenvalue weighted by atomic mass is 32.2. The van der Waals surface area contributed by atoms with Crippen LogP contribution in [0, 0.1) is 6.92 Å². The second-order valence-electron chi connectivity index (χ2n) is 8.82. The highest BCUT2D eigenvalue weighted by molar-refractivity contribution is 7.92. The Morgan fingerprint density at radius 2 is 1.62 bits per heavy atom. The van der Waals surface area contributed by atoms with E-state index >= 15 is 0 Å². The quantitative estimate of drug-likeness (QED) is 0.263. The van der Waals surface area contributed by atoms with Crippen LogP contribution < -0.4 is 15.0 Å². The van der Waals surface area contributed by atoms with E-state index in [1.54, 1.807) is 54.6 Å². The number of nitrogens with one attached hydrogen (secondary N) is 1. The molecule has 0 saturated heterocycles. The van der Waals surface area contributed by atoms with E-state index in [1.807, 2.05) is 31.2 Å². The lowest BCUT2D eigenvalue weighted by Gasteiger charge is -2.15. The number of hydrogen-bond donors (Lipinski definition) is 2. The molecular formula is C30H25N3O5S. The number of fused-ring (bicyclic) bond motifs is 1. The molecule has 0 unspecified atom stereocenters. The van der Waals surface area contributed by atoms with Gasteiger partial charge in [-0.25, -0.2) is 13.0 Å². The topological polar surface area (TPSA) is 110 Å². The number of aryl methyl sites for hydroxylation is 1. The maximum atomic E-state index is 13.5. The molecule has 39 heavy (non-hydrogen) atoms. The Morgan fingerprint density at radius 1 is 0.897 bits per heavy atom. The number of ether oxygens (including phenoxy) is 1. The summed E-state index contributed by atoms with van der Waals surface area (Å²) in [7, 11) is -2.61. The van der Waals surface area contributed by atoms with Crippen molar-refractivity contribution < 1.29 is 18.3 Å². The van der Waals surface area contributed by atoms with E-state index in [-0.39, 0.29) is 22.2 Å². The number of aliphatic imine (C=N–C) groups is 1. The van der Waals surface area contributed by atoms with Crippen LogP contribution in [-0.2, 0) is 10.0 Å². The predicted octanol–water partition coefficient (Wildman–Crippen LogP) is 5.56. The van der Waals surface area contributed by atoms with Crippen LogP contribution in [0.5, 0.6) is 11.6 Å². The number of sulfonamides is 1. The molecule has 0 saturated carbocycles. The van der Waals surface area contributed by atoms with Crippen LogP contribution in [0.25, 0.3) is 16.5 Å². The van der Waals surface area contributed by atoms with Gasteiger partial charge >= 0.3 is 0 Å². The molecule has 4 aromatic carbocycles. The Labute approximate surface area is 225 Å². The molecule has 0 spiro atoms. The number of pyridine rings is 1. The minimum Gasteiger partial charge on any atom is -0.495 e. The molecular weight excluding hydrogens is 514 g/mol. The standard InChI is InChI=1S/C30H25N3O5S/c1-20-9-7-10-21(17-20)31-19-26-24-13-3-4-14-25(24)29(34)33(30(26)35)22-11-8-12-23(18-22)39(36,37)32-27-15-5-6-16-28(27)38-2/h3-19,32,35H,1-2H3. The summed E-state index contributed by atoms with van der Waals surface area (Å²) in [5, 5.41) is 12.2. The molecule has 1 aromatic heterocycles. The van der Waals surface area contributed by atoms with Crippen LogP contribution in [0.4, 0.5) is 11.4 Å². The van der Waals surface area contributed by atoms with E-state index in [4.69, 9.17) is 4.74 Å². The van der Waals surface area contributed by atoms with Gasteiger partial charge in [0.2, 0.25) is 5.88 Å². The van der Waals surface area contributed by atoms with Crippen LogP contribution >= 0.6 is 0 Å². The van der Waals surface area contributed by atoms with Gasteiger partial charge in [-0.1, -0.05) is 48.5 Å². The van der Waals surface area contributed by atoms with Gasteiger partial charge in [0.15, 0.2) is 0 Å². The normalized spacial score (nSPS) is 11.6. The van der Waals surface area contributed by atoms with Crippen LogP contribution in [-0.4, -0.2) is 31.4 Å². The largest absolute Gasteiger partial charge is 0.495 e. The van der Waals surface area contributed by atoms with Gasteiger partial charge < -0.3 is 9.84 Å². The third kappa shape index (κ3) is 5.12. The second kappa shape index (κ2) is 10.5. The molecule has 2 N–H and O–H groups in total. The summed E-state index contributed by atoms with van der Waals surface area (Å²) in [5.74, 6) is 0.000463. The summed E-state index contributed by atoms with van der Waals surface area (Å²) in [6.07, 6.45) is 1.51. The van der Waals surface area contributed by atoms with Crippen molar-refractivity contribution in [2.45, 2.75) is 11.8 Å². The fourth-order valence-electron chi connectivity index (χ4n) is 4.30. The van der Waals surface area contributed by atoms with Gasteiger partial charge in [-0.2, -0.15) is 0 Å². The Hall–Kier alpha value is -4.89. The highest BCUT2D eigenvalue weighted by Gasteiger charge is 2.20. The number of para-hydroxylation sites is 2. The highest BCUT2D eigenvalue weighted by Crippen LogP contribution is 2.29. The summed E-state index contributed by atoms with van der Waals surface area (Å²) in [6.45, 7) is 1.95. The molecule has 0 bridgehead atoms. The van der Waals surface area contributed by atoms with E-state index in [1.165, 1.54) is 31.5 Å². The molecule has 9 heteroatoms. The lowest BCUT2D eigenvalue weighted by Crippen LogP contribution is -2.21. The number of aromatic hydroxyl groups is 1. The van der Waals surface area contributed by atoms with E-state index in [0.29, 0.717) is 27.8 Å². The number of rotatable bonds is 7. The lowest BCUT2D eigenvalue weighted by molar-refractivity contribution is 0.417. The summed E-state index contributed by atoms with van der Waals surface area (Å²) in [5.41, 5.74) is 1.99. The van der Waals surface area contributed by atoms with Crippen molar-refractivity contribution >= 4 is 38.4 Å². The van der Waals surface area contributed by atoms with Gasteiger partial charge in [0.05, 0.1) is 34.6 Å². The third-order valence-electron chi connectivity index (χ3n) is 6.19. The van der Waals surface area contributed by atoms with Crippen LogP contribution in [0.3, 0.4) is 0 Å². The average Bonchev–Trinajstić information content (AvgIpc) is 2.93. The first kappa shape index (κ1) is 25.7. The smallest absolute Gasteiger partial charge is 0.265 e. The maximum Gasteiger partial charge on any atom is 0.265 e. The number of anilines is 1. The first-order valence-corrected chi connectivity index (χ1v) is 13.5. The average molecular weight is 540 g/mol. The van der Waals surface area contributed by atoms with E-state index < -0.39 is 15.6 Å². The molecule has 0 radical (unpaired) electrons. The van der Waals surface area contributed by atoms with Crippen molar-refractivity contribution in [1.29, 1.82) is 0 Å². The van der Waals surface area contributed by atoms with Gasteiger partial charge in [0.25, 0.3) is 15.6 Å². The van der Waals surface area contributed by atoms with E-state index in [2.05, 4.69) is 9.71 Å². The fourth-order valence-corrected chi connectivity index (χ4v) is 5.41. The van der Waals surface area contributed by atoms with Crippen LogP contribution in [0.1, 0.15) is 11.1 Å². The molecule has 0 aliphatic rings. The molecule has 0 amide bonds. The number of nitrogens with zero attached hydrogens (tertiary/aromatic N) is 2. The second-order valence-corrected chi connectivity index (χ2v) is 10.5. The van der Waals surface area contributed by atoms with Gasteiger partial charge in [-0.3, -0.25) is 14.5 Å². The van der Waals surface area contributed by atoms with E-state index in [0.717, 1.165) is 10.1 Å². The number of hydrogen-bond acceptors (Lipinski definition) is 6. The van der Waals surface area contributed by atoms with Crippen LogP contribution in [0.2, 0.25) is 0 Å². The molecule has 5 rings (SSSR count). The fraction of sp³-hybridized carbons (Fsp3) is 0.0667. The van der Waals surface area contributed by atoms with Gasteiger partial charge in [-0.15, -0.1) is 0 Å². The summed E-state index contributed by atoms with van der Waals surface area (Å²) in [6, 6.07) is 26.9. The Balaban J connectivity index is 1.64. The zero-order chi connectivity index (χ0) is 27.6. The minimum absolute atomic E-state index is 0.0969. The molecule has 8 nitrogen and oxygen atoms in total. The molecule has 0 fully saturated rings. The summed E-state index contributed by atoms with van der Waals surface area (Å²) >= 11 is 0. The molecule has 196 valence electrons. The number of aromatic nitrogens is 1. The SMILES string of the molecule is COc1ccccc1NS(=O)(=O)c1cccc(-n2c(O)c(C=Nc3cccc(C)c3)c3ccccc3c2=O)c1. The Kier molecular flexibility index (Phi) is 6.91. The van der Waals surface area contributed by atoms with E-state index in [9.17, 15) is 18.3 Å². The molecule has 1 heterocycles. The Bertz CT molecular complexity index is 1900. The van der Waals surface area contributed by atoms with Crippen molar-refractivity contribution in [3.8, 4) is 17.3 Å². The lowest BCUT2D eigenvalue weighted by atomic mass is 10.1. The first-order valence-electron chi connectivity index (χ1n) is 12.0. The summed E-state index contributed by atoms with van der Waals surface area (Å²) < 4.78 is 35.4. The van der Waals surface area contributed by atoms with Gasteiger partial charge in [0.1, 0.15) is 5.75 Å². The summed E-state index contributed by atoms with van der Waals surface area (Å²) in [4.78, 5) is 18.0. The van der Waals surface area contributed by atoms with Crippen molar-refractivity contribution in [2.24, 2.45) is 4.99 Å². The number of methoxy groups -OCH3 is 1. The predicted molar refractivity (Wildman–Crippen MR) is 153 cm³/mol. The molecule has 0 aliphatic heterocycles. The van der Waals surface area contributed by atoms with Crippen molar-refractivity contribution in [3.63, 3.8) is 0 Å². The molecule has 0 aliphatic carbocycles. The molecule has 5 aromatic rings. The first-order chi connectivity index (χ1) is 18.8. The number of benzene rings is 4. The zero-order valence-electron chi connectivity index (χ0n) is 21.2. The van der Waals surface area contributed by atoms with Crippen molar-refractivity contribution in [3.05, 3.63) is 119 Å². The van der Waals surface area contributed by atoms with Gasteiger partial charge in [-0.05, 0) is 61.0 Å². The minimum atomic E-state index is -4.06.